The fourth-order valence-corrected chi connectivity index (χ4v) is 3.34. The van der Waals surface area contributed by atoms with Gasteiger partial charge in [0, 0.05) is 29.0 Å². The molecule has 1 heterocycles. The maximum absolute atomic E-state index is 12.2. The number of piperidine rings is 1. The molecule has 21 heavy (non-hydrogen) atoms. The number of hydrogen-bond donors (Lipinski definition) is 0. The highest BCUT2D eigenvalue weighted by Crippen LogP contribution is 2.17. The van der Waals surface area contributed by atoms with Crippen LogP contribution in [-0.4, -0.2) is 54.9 Å². The summed E-state index contributed by atoms with van der Waals surface area (Å²) in [6, 6.07) is 8.30. The molecule has 0 amide bonds. The van der Waals surface area contributed by atoms with Gasteiger partial charge in [0.2, 0.25) is 0 Å². The van der Waals surface area contributed by atoms with Gasteiger partial charge in [-0.25, -0.2) is 0 Å². The number of likely N-dealkylation sites (tertiary alicyclic amines) is 1. The molecular formula is C17H25BrN2O. The van der Waals surface area contributed by atoms with Crippen molar-refractivity contribution < 1.29 is 4.79 Å². The molecule has 4 heteroatoms. The number of Topliss-reactive ketones (excluding diaryl/α,β-unsaturated/α-hetero) is 1. The molecule has 0 spiro atoms. The predicted molar refractivity (Wildman–Crippen MR) is 90.9 cm³/mol. The third kappa shape index (κ3) is 4.90. The van der Waals surface area contributed by atoms with Crippen molar-refractivity contribution in [3.8, 4) is 0 Å². The number of benzene rings is 1. The minimum Gasteiger partial charge on any atom is -0.303 e. The fraction of sp³-hybridized carbons (Fsp3) is 0.588. The molecule has 0 aliphatic carbocycles. The molecule has 116 valence electrons. The van der Waals surface area contributed by atoms with Crippen LogP contribution < -0.4 is 0 Å². The normalized spacial score (nSPS) is 17.3. The van der Waals surface area contributed by atoms with E-state index in [9.17, 15) is 4.79 Å². The third-order valence-electron chi connectivity index (χ3n) is 4.47. The number of carbonyl (C=O) groups is 1. The van der Waals surface area contributed by atoms with Gasteiger partial charge in [-0.15, -0.1) is 0 Å². The smallest absolute Gasteiger partial charge is 0.164 e. The Morgan fingerprint density at radius 1 is 1.38 bits per heavy atom. The molecule has 1 aromatic carbocycles. The number of halogens is 1. The van der Waals surface area contributed by atoms with Crippen LogP contribution in [0.3, 0.4) is 0 Å². The average Bonchev–Trinajstić information content (AvgIpc) is 2.52. The first-order valence-electron chi connectivity index (χ1n) is 7.81. The van der Waals surface area contributed by atoms with Crippen LogP contribution in [0.5, 0.6) is 0 Å². The summed E-state index contributed by atoms with van der Waals surface area (Å²) in [5.74, 6) is 0.231. The Bertz CT molecular complexity index is 470. The Morgan fingerprint density at radius 2 is 2.10 bits per heavy atom. The highest BCUT2D eigenvalue weighted by Gasteiger charge is 2.21. The lowest BCUT2D eigenvalue weighted by Crippen LogP contribution is -2.43. The lowest BCUT2D eigenvalue weighted by molar-refractivity contribution is 0.0932. The van der Waals surface area contributed by atoms with Gasteiger partial charge in [-0.2, -0.15) is 0 Å². The first kappa shape index (κ1) is 16.7. The average molecular weight is 353 g/mol. The minimum absolute atomic E-state index is 0.231. The van der Waals surface area contributed by atoms with Crippen LogP contribution in [-0.2, 0) is 0 Å². The number of rotatable bonds is 6. The Balaban J connectivity index is 1.79. The van der Waals surface area contributed by atoms with Gasteiger partial charge in [-0.05, 0) is 51.7 Å². The Labute approximate surface area is 136 Å². The lowest BCUT2D eigenvalue weighted by atomic mass is 10.0. The SMILES string of the molecule is CCN1CCC(N(C)CCC(=O)c2cccc(Br)c2)CC1. The lowest BCUT2D eigenvalue weighted by Gasteiger charge is -2.36. The molecule has 0 saturated carbocycles. The van der Waals surface area contributed by atoms with E-state index in [0.717, 1.165) is 23.1 Å². The molecule has 0 aromatic heterocycles. The van der Waals surface area contributed by atoms with E-state index in [4.69, 9.17) is 0 Å². The molecule has 1 aliphatic heterocycles. The van der Waals surface area contributed by atoms with Crippen molar-refractivity contribution in [3.05, 3.63) is 34.3 Å². The van der Waals surface area contributed by atoms with Crippen molar-refractivity contribution in [3.63, 3.8) is 0 Å². The highest BCUT2D eigenvalue weighted by molar-refractivity contribution is 9.10. The molecule has 0 radical (unpaired) electrons. The van der Waals surface area contributed by atoms with Crippen LogP contribution in [0.25, 0.3) is 0 Å². The van der Waals surface area contributed by atoms with Gasteiger partial charge in [0.1, 0.15) is 0 Å². The van der Waals surface area contributed by atoms with Crippen LogP contribution in [0.15, 0.2) is 28.7 Å². The summed E-state index contributed by atoms with van der Waals surface area (Å²) in [5, 5.41) is 0. The van der Waals surface area contributed by atoms with E-state index in [1.54, 1.807) is 0 Å². The molecule has 1 aliphatic rings. The second-order valence-electron chi connectivity index (χ2n) is 5.83. The second-order valence-corrected chi connectivity index (χ2v) is 6.75. The fourth-order valence-electron chi connectivity index (χ4n) is 2.94. The van der Waals surface area contributed by atoms with Gasteiger partial charge in [-0.1, -0.05) is 35.0 Å². The van der Waals surface area contributed by atoms with Gasteiger partial charge >= 0.3 is 0 Å². The molecule has 1 saturated heterocycles. The Morgan fingerprint density at radius 3 is 2.71 bits per heavy atom. The third-order valence-corrected chi connectivity index (χ3v) is 4.96. The van der Waals surface area contributed by atoms with Crippen molar-refractivity contribution in [1.29, 1.82) is 0 Å². The number of hydrogen-bond acceptors (Lipinski definition) is 3. The van der Waals surface area contributed by atoms with Crippen molar-refractivity contribution in [2.45, 2.75) is 32.2 Å². The minimum atomic E-state index is 0.231. The van der Waals surface area contributed by atoms with Gasteiger partial charge < -0.3 is 9.80 Å². The second kappa shape index (κ2) is 8.06. The molecule has 2 rings (SSSR count). The Kier molecular flexibility index (Phi) is 6.40. The topological polar surface area (TPSA) is 23.6 Å². The van der Waals surface area contributed by atoms with Crippen molar-refractivity contribution >= 4 is 21.7 Å². The molecule has 0 N–H and O–H groups in total. The van der Waals surface area contributed by atoms with E-state index in [-0.39, 0.29) is 5.78 Å². The molecule has 0 atom stereocenters. The van der Waals surface area contributed by atoms with Crippen LogP contribution in [0.1, 0.15) is 36.5 Å². The van der Waals surface area contributed by atoms with E-state index in [2.05, 4.69) is 39.7 Å². The number of nitrogens with zero attached hydrogens (tertiary/aromatic N) is 2. The highest BCUT2D eigenvalue weighted by atomic mass is 79.9. The summed E-state index contributed by atoms with van der Waals surface area (Å²) in [5.41, 5.74) is 0.804. The van der Waals surface area contributed by atoms with Gasteiger partial charge in [0.05, 0.1) is 0 Å². The van der Waals surface area contributed by atoms with E-state index < -0.39 is 0 Å². The van der Waals surface area contributed by atoms with E-state index in [1.807, 2.05) is 24.3 Å². The number of ketones is 1. The van der Waals surface area contributed by atoms with Gasteiger partial charge in [-0.3, -0.25) is 4.79 Å². The molecule has 0 unspecified atom stereocenters. The van der Waals surface area contributed by atoms with Crippen LogP contribution in [0.4, 0.5) is 0 Å². The first-order chi connectivity index (χ1) is 10.1. The van der Waals surface area contributed by atoms with E-state index >= 15 is 0 Å². The maximum atomic E-state index is 12.2. The quantitative estimate of drug-likeness (QED) is 0.732. The van der Waals surface area contributed by atoms with Crippen molar-refractivity contribution in [2.75, 3.05) is 33.2 Å². The predicted octanol–water partition coefficient (Wildman–Crippen LogP) is 3.44. The monoisotopic (exact) mass is 352 g/mol. The zero-order valence-corrected chi connectivity index (χ0v) is 14.6. The van der Waals surface area contributed by atoms with Crippen molar-refractivity contribution in [1.82, 2.24) is 9.80 Å². The standard InChI is InChI=1S/C17H25BrN2O/c1-3-20-11-7-16(8-12-20)19(2)10-9-17(21)14-5-4-6-15(18)13-14/h4-6,13,16H,3,7-12H2,1-2H3. The van der Waals surface area contributed by atoms with Crippen LogP contribution in [0, 0.1) is 0 Å². The summed E-state index contributed by atoms with van der Waals surface area (Å²) in [6.07, 6.45) is 3.03. The summed E-state index contributed by atoms with van der Waals surface area (Å²) in [4.78, 5) is 17.1. The Hall–Kier alpha value is -0.710. The van der Waals surface area contributed by atoms with Crippen LogP contribution in [0.2, 0.25) is 0 Å². The van der Waals surface area contributed by atoms with Crippen molar-refractivity contribution in [2.24, 2.45) is 0 Å². The molecule has 1 fully saturated rings. The van der Waals surface area contributed by atoms with E-state index in [1.165, 1.54) is 25.9 Å². The molecule has 1 aromatic rings. The summed E-state index contributed by atoms with van der Waals surface area (Å²) >= 11 is 3.42. The zero-order valence-electron chi connectivity index (χ0n) is 13.0. The molecule has 3 nitrogen and oxygen atoms in total. The summed E-state index contributed by atoms with van der Waals surface area (Å²) in [6.45, 7) is 6.59. The summed E-state index contributed by atoms with van der Waals surface area (Å²) in [7, 11) is 2.15. The maximum Gasteiger partial charge on any atom is 0.164 e. The largest absolute Gasteiger partial charge is 0.303 e. The first-order valence-corrected chi connectivity index (χ1v) is 8.60. The summed E-state index contributed by atoms with van der Waals surface area (Å²) < 4.78 is 0.966. The molecule has 0 bridgehead atoms. The van der Waals surface area contributed by atoms with Gasteiger partial charge in [0.15, 0.2) is 5.78 Å². The zero-order chi connectivity index (χ0) is 15.2. The number of carbonyl (C=O) groups excluding carboxylic acids is 1. The van der Waals surface area contributed by atoms with E-state index in [0.29, 0.717) is 12.5 Å². The molecular weight excluding hydrogens is 328 g/mol. The van der Waals surface area contributed by atoms with Gasteiger partial charge in [0.25, 0.3) is 0 Å². The van der Waals surface area contributed by atoms with Crippen LogP contribution >= 0.6 is 15.9 Å².